The van der Waals surface area contributed by atoms with Crippen LogP contribution >= 0.6 is 22.6 Å². The van der Waals surface area contributed by atoms with Gasteiger partial charge in [-0.1, -0.05) is 6.08 Å². The fraction of sp³-hybridized carbons (Fsp3) is 0.125. The maximum Gasteiger partial charge on any atom is 0.355 e. The molecule has 1 aromatic rings. The fourth-order valence-corrected chi connectivity index (χ4v) is 2.33. The number of rotatable bonds is 3. The van der Waals surface area contributed by atoms with E-state index in [9.17, 15) is 9.59 Å². The summed E-state index contributed by atoms with van der Waals surface area (Å²) in [6.45, 7) is 0. The predicted octanol–water partition coefficient (Wildman–Crippen LogP) is 2.78. The average Bonchev–Trinajstić information content (AvgIpc) is 2.77. The summed E-state index contributed by atoms with van der Waals surface area (Å²) < 4.78 is 10.7. The van der Waals surface area contributed by atoms with Crippen molar-refractivity contribution in [2.75, 3.05) is 19.1 Å². The molecule has 1 aliphatic rings. The molecule has 2 rings (SSSR count). The summed E-state index contributed by atoms with van der Waals surface area (Å²) >= 11 is 2.20. The molecule has 1 heterocycles. The van der Waals surface area contributed by atoms with Crippen LogP contribution in [0.15, 0.2) is 60.0 Å². The van der Waals surface area contributed by atoms with Gasteiger partial charge in [0.2, 0.25) is 0 Å². The molecule has 0 N–H and O–H groups in total. The minimum atomic E-state index is -0.616. The first-order valence-corrected chi connectivity index (χ1v) is 7.47. The maximum absolute atomic E-state index is 12.2. The smallest absolute Gasteiger partial charge is 0.355 e. The molecule has 1 aromatic carbocycles. The van der Waals surface area contributed by atoms with E-state index < -0.39 is 11.9 Å². The monoisotopic (exact) mass is 411 g/mol. The molecular formula is C16H14INO4. The summed E-state index contributed by atoms with van der Waals surface area (Å²) in [5, 5.41) is 0. The first-order chi connectivity index (χ1) is 10.6. The second-order valence-electron chi connectivity index (χ2n) is 4.29. The van der Waals surface area contributed by atoms with Gasteiger partial charge in [-0.3, -0.25) is 0 Å². The number of benzene rings is 1. The molecule has 0 spiro atoms. The van der Waals surface area contributed by atoms with Crippen molar-refractivity contribution in [3.05, 3.63) is 63.5 Å². The van der Waals surface area contributed by atoms with Crippen LogP contribution in [0, 0.1) is 3.57 Å². The molecule has 22 heavy (non-hydrogen) atoms. The molecule has 0 atom stereocenters. The van der Waals surface area contributed by atoms with Gasteiger partial charge in [-0.05, 0) is 59.0 Å². The summed E-state index contributed by atoms with van der Waals surface area (Å²) in [6, 6.07) is 7.54. The summed E-state index contributed by atoms with van der Waals surface area (Å²) in [5.41, 5.74) is 0.987. The van der Waals surface area contributed by atoms with Crippen molar-refractivity contribution in [1.82, 2.24) is 0 Å². The van der Waals surface area contributed by atoms with E-state index in [1.807, 2.05) is 24.3 Å². The Kier molecular flexibility index (Phi) is 5.37. The third-order valence-corrected chi connectivity index (χ3v) is 3.71. The van der Waals surface area contributed by atoms with E-state index in [-0.39, 0.29) is 11.3 Å². The number of halogens is 1. The van der Waals surface area contributed by atoms with Crippen molar-refractivity contribution in [2.45, 2.75) is 0 Å². The Morgan fingerprint density at radius 3 is 2.23 bits per heavy atom. The van der Waals surface area contributed by atoms with Crippen molar-refractivity contribution in [1.29, 1.82) is 0 Å². The number of hydrogen-bond donors (Lipinski definition) is 0. The highest BCUT2D eigenvalue weighted by Crippen LogP contribution is 2.26. The number of allylic oxidation sites excluding steroid dienone is 2. The molecule has 0 bridgehead atoms. The number of nitrogens with zero attached hydrogens (tertiary/aromatic N) is 1. The Labute approximate surface area is 142 Å². The predicted molar refractivity (Wildman–Crippen MR) is 91.0 cm³/mol. The third-order valence-electron chi connectivity index (χ3n) is 2.99. The molecule has 0 radical (unpaired) electrons. The molecular weight excluding hydrogens is 397 g/mol. The average molecular weight is 411 g/mol. The number of carbonyl (C=O) groups is 2. The van der Waals surface area contributed by atoms with Crippen molar-refractivity contribution in [3.63, 3.8) is 0 Å². The number of carbonyl (C=O) groups excluding carboxylic acids is 2. The van der Waals surface area contributed by atoms with E-state index in [0.717, 1.165) is 9.26 Å². The first kappa shape index (κ1) is 16.3. The topological polar surface area (TPSA) is 55.8 Å². The van der Waals surface area contributed by atoms with Crippen LogP contribution in [0.2, 0.25) is 0 Å². The number of esters is 2. The Morgan fingerprint density at radius 2 is 1.64 bits per heavy atom. The van der Waals surface area contributed by atoms with Gasteiger partial charge >= 0.3 is 11.9 Å². The molecule has 0 fully saturated rings. The molecule has 0 amide bonds. The van der Waals surface area contributed by atoms with Crippen LogP contribution in [0.4, 0.5) is 5.69 Å². The molecule has 5 nitrogen and oxygen atoms in total. The second kappa shape index (κ2) is 7.26. The SMILES string of the molecule is COC(=O)C1=C(C(=O)OC)N(c2ccc(I)cc2)C=CC=C1. The summed E-state index contributed by atoms with van der Waals surface area (Å²) in [5.74, 6) is -1.22. The summed E-state index contributed by atoms with van der Waals surface area (Å²) in [6.07, 6.45) is 6.63. The van der Waals surface area contributed by atoms with E-state index in [1.54, 1.807) is 23.3 Å². The third kappa shape index (κ3) is 3.38. The van der Waals surface area contributed by atoms with Crippen LogP contribution in [-0.2, 0) is 19.1 Å². The highest BCUT2D eigenvalue weighted by Gasteiger charge is 2.27. The van der Waals surface area contributed by atoms with Gasteiger partial charge in [-0.25, -0.2) is 9.59 Å². The minimum absolute atomic E-state index is 0.112. The van der Waals surface area contributed by atoms with Gasteiger partial charge in [0, 0.05) is 15.5 Å². The van der Waals surface area contributed by atoms with E-state index in [2.05, 4.69) is 22.6 Å². The number of methoxy groups -OCH3 is 2. The summed E-state index contributed by atoms with van der Waals surface area (Å²) in [7, 11) is 2.54. The Balaban J connectivity index is 2.61. The zero-order chi connectivity index (χ0) is 16.1. The van der Waals surface area contributed by atoms with Gasteiger partial charge in [-0.15, -0.1) is 0 Å². The Hall–Kier alpha value is -2.09. The molecule has 114 valence electrons. The normalized spacial score (nSPS) is 13.9. The fourth-order valence-electron chi connectivity index (χ4n) is 1.97. The molecule has 0 aromatic heterocycles. The van der Waals surface area contributed by atoms with Crippen LogP contribution in [0.3, 0.4) is 0 Å². The van der Waals surface area contributed by atoms with Crippen molar-refractivity contribution >= 4 is 40.2 Å². The Bertz CT molecular complexity index is 674. The summed E-state index contributed by atoms with van der Waals surface area (Å²) in [4.78, 5) is 25.8. The second-order valence-corrected chi connectivity index (χ2v) is 5.54. The largest absolute Gasteiger partial charge is 0.465 e. The lowest BCUT2D eigenvalue weighted by Crippen LogP contribution is -2.26. The quantitative estimate of drug-likeness (QED) is 0.566. The lowest BCUT2D eigenvalue weighted by atomic mass is 10.1. The van der Waals surface area contributed by atoms with Gasteiger partial charge in [0.1, 0.15) is 5.70 Å². The van der Waals surface area contributed by atoms with E-state index in [4.69, 9.17) is 9.47 Å². The van der Waals surface area contributed by atoms with Crippen molar-refractivity contribution in [2.24, 2.45) is 0 Å². The van der Waals surface area contributed by atoms with Crippen LogP contribution in [0.25, 0.3) is 0 Å². The van der Waals surface area contributed by atoms with Crippen molar-refractivity contribution in [3.8, 4) is 0 Å². The highest BCUT2D eigenvalue weighted by atomic mass is 127. The van der Waals surface area contributed by atoms with Crippen LogP contribution in [0.5, 0.6) is 0 Å². The zero-order valence-electron chi connectivity index (χ0n) is 12.1. The molecule has 0 aliphatic carbocycles. The molecule has 6 heteroatoms. The maximum atomic E-state index is 12.2. The molecule has 0 saturated heterocycles. The molecule has 0 saturated carbocycles. The number of hydrogen-bond acceptors (Lipinski definition) is 5. The molecule has 1 aliphatic heterocycles. The van der Waals surface area contributed by atoms with Gasteiger partial charge in [0.25, 0.3) is 0 Å². The van der Waals surface area contributed by atoms with Gasteiger partial charge in [0.15, 0.2) is 0 Å². The standard InChI is InChI=1S/C16H14INO4/c1-21-15(19)13-5-3-4-10-18(14(13)16(20)22-2)12-8-6-11(17)7-9-12/h3-10H,1-2H3. The first-order valence-electron chi connectivity index (χ1n) is 6.39. The van der Waals surface area contributed by atoms with E-state index in [0.29, 0.717) is 0 Å². The Morgan fingerprint density at radius 1 is 1.00 bits per heavy atom. The van der Waals surface area contributed by atoms with E-state index >= 15 is 0 Å². The minimum Gasteiger partial charge on any atom is -0.465 e. The van der Waals surface area contributed by atoms with Gasteiger partial charge in [0.05, 0.1) is 19.8 Å². The van der Waals surface area contributed by atoms with Crippen LogP contribution < -0.4 is 4.90 Å². The van der Waals surface area contributed by atoms with Gasteiger partial charge < -0.3 is 14.4 Å². The lowest BCUT2D eigenvalue weighted by molar-refractivity contribution is -0.139. The number of anilines is 1. The highest BCUT2D eigenvalue weighted by molar-refractivity contribution is 14.1. The van der Waals surface area contributed by atoms with Gasteiger partial charge in [-0.2, -0.15) is 0 Å². The van der Waals surface area contributed by atoms with Crippen molar-refractivity contribution < 1.29 is 19.1 Å². The van der Waals surface area contributed by atoms with E-state index in [1.165, 1.54) is 20.3 Å². The molecule has 0 unspecified atom stereocenters. The van der Waals surface area contributed by atoms with Crippen LogP contribution in [0.1, 0.15) is 0 Å². The number of ether oxygens (including phenoxy) is 2. The zero-order valence-corrected chi connectivity index (χ0v) is 14.2. The van der Waals surface area contributed by atoms with Crippen LogP contribution in [-0.4, -0.2) is 26.2 Å². The lowest BCUT2D eigenvalue weighted by Gasteiger charge is -2.23.